The Kier molecular flexibility index (Phi) is 19.5. The van der Waals surface area contributed by atoms with Gasteiger partial charge in [0.05, 0.1) is 5.31 Å². The first-order valence-electron chi connectivity index (χ1n) is 31.3. The van der Waals surface area contributed by atoms with Crippen molar-refractivity contribution < 1.29 is 48.3 Å². The number of aromatic carboxylic acids is 1. The third-order valence-electron chi connectivity index (χ3n) is 16.9. The zero-order valence-corrected chi connectivity index (χ0v) is 54.1. The molecule has 12 rings (SSSR count). The number of anilines is 3. The molecule has 15 nitrogen and oxygen atoms in total. The second-order valence-corrected chi connectivity index (χ2v) is 25.8. The number of benzene rings is 10. The van der Waals surface area contributed by atoms with Crippen molar-refractivity contribution in [3.63, 3.8) is 0 Å². The summed E-state index contributed by atoms with van der Waals surface area (Å²) >= 11 is 0. The number of para-hydroxylation sites is 4. The summed E-state index contributed by atoms with van der Waals surface area (Å²) in [5, 5.41) is 23.5. The molecule has 480 valence electrons. The summed E-state index contributed by atoms with van der Waals surface area (Å²) in [5.41, 5.74) is 16.5. The van der Waals surface area contributed by atoms with Crippen LogP contribution < -0.4 is 39.6 Å². The number of aliphatic hydroxyl groups is 1. The van der Waals surface area contributed by atoms with Gasteiger partial charge in [0, 0.05) is 82.0 Å². The molecule has 0 spiro atoms. The van der Waals surface area contributed by atoms with Gasteiger partial charge in [0.15, 0.2) is 6.23 Å². The number of nitrogens with zero attached hydrogens (tertiary/aromatic N) is 2. The van der Waals surface area contributed by atoms with Crippen LogP contribution in [0.1, 0.15) is 82.7 Å². The number of fused-ring (bicyclic) bond motifs is 2. The minimum Gasteiger partial charge on any atom is -0.489 e. The van der Waals surface area contributed by atoms with Crippen LogP contribution in [0.2, 0.25) is 0 Å². The molecule has 0 aliphatic carbocycles. The second kappa shape index (κ2) is 28.7. The molecule has 0 saturated heterocycles. The van der Waals surface area contributed by atoms with E-state index in [1.807, 2.05) is 152 Å². The van der Waals surface area contributed by atoms with Crippen molar-refractivity contribution in [1.29, 1.82) is 0 Å². The quantitative estimate of drug-likeness (QED) is 0.0295. The van der Waals surface area contributed by atoms with Crippen LogP contribution in [0.15, 0.2) is 235 Å². The van der Waals surface area contributed by atoms with Gasteiger partial charge in [-0.05, 0) is 146 Å². The number of aromatic nitrogens is 1. The number of pyridine rings is 1. The number of ether oxygens (including phenoxy) is 4. The predicted molar refractivity (Wildman–Crippen MR) is 374 cm³/mol. The van der Waals surface area contributed by atoms with Crippen LogP contribution in [0, 0.1) is 27.7 Å². The topological polar surface area (TPSA) is 203 Å². The lowest BCUT2D eigenvalue weighted by molar-refractivity contribution is 0.0695. The molecule has 1 aromatic heterocycles. The van der Waals surface area contributed by atoms with Gasteiger partial charge >= 0.3 is 13.6 Å². The first kappa shape index (κ1) is 64.4. The predicted octanol–water partition coefficient (Wildman–Crippen LogP) is 16.1. The molecule has 1 unspecified atom stereocenters. The molecule has 0 radical (unpaired) electrons. The second-order valence-electron chi connectivity index (χ2n) is 24.2. The molecule has 0 amide bonds. The van der Waals surface area contributed by atoms with Gasteiger partial charge in [-0.3, -0.25) is 9.36 Å². The molecule has 2 heterocycles. The van der Waals surface area contributed by atoms with Crippen LogP contribution in [0.3, 0.4) is 0 Å². The number of aromatic amines is 1. The summed E-state index contributed by atoms with van der Waals surface area (Å²) in [6, 6.07) is 73.8. The molecule has 10 aromatic carbocycles. The van der Waals surface area contributed by atoms with E-state index in [2.05, 4.69) is 108 Å². The summed E-state index contributed by atoms with van der Waals surface area (Å²) in [4.78, 5) is 52.1. The third kappa shape index (κ3) is 15.9. The molecule has 6 N–H and O–H groups in total. The minimum atomic E-state index is -4.78. The Balaban J connectivity index is 0.763. The number of carbonyl (C=O) groups is 1. The van der Waals surface area contributed by atoms with Crippen molar-refractivity contribution in [2.45, 2.75) is 86.5 Å². The summed E-state index contributed by atoms with van der Waals surface area (Å²) < 4.78 is 38.9. The highest BCUT2D eigenvalue weighted by atomic mass is 31.2. The van der Waals surface area contributed by atoms with Crippen LogP contribution in [-0.4, -0.2) is 37.2 Å². The lowest BCUT2D eigenvalue weighted by Crippen LogP contribution is -2.26. The van der Waals surface area contributed by atoms with E-state index < -0.39 is 30.7 Å². The molecule has 1 atom stereocenters. The Morgan fingerprint density at radius 1 is 0.495 bits per heavy atom. The molecule has 1 aliphatic heterocycles. The minimum absolute atomic E-state index is 0.285. The SMILES string of the molecule is Cc1cccc(COc2ccccc2CN(Cc2ccccc2OCc2cc(C)cc(-c3ccc(COc4ccccc4CN(Cc4ccccc4OCc4cccc(C)c4)c4ccc5[nH]c(=O)c(C(=O)O)cc5c4)cc3C)c2)c2ccc3c(c2)C=C(P(=O)(O)O)C(O)N3)c1. The molecular weight excluding hydrogens is 1210 g/mol. The number of H-pyrrole nitrogens is 1. The average Bonchev–Trinajstić information content (AvgIpc) is 0.809. The lowest BCUT2D eigenvalue weighted by Gasteiger charge is -2.29. The molecule has 0 fully saturated rings. The van der Waals surface area contributed by atoms with E-state index >= 15 is 0 Å². The summed E-state index contributed by atoms with van der Waals surface area (Å²) in [5.74, 6) is 1.56. The Morgan fingerprint density at radius 2 is 0.968 bits per heavy atom. The Hall–Kier alpha value is -10.7. The van der Waals surface area contributed by atoms with E-state index in [1.54, 1.807) is 6.07 Å². The molecular formula is C79H73N4O11P. The molecule has 0 saturated carbocycles. The number of aliphatic hydroxyl groups excluding tert-OH is 1. The maximum Gasteiger partial charge on any atom is 0.356 e. The number of hydrogen-bond acceptors (Lipinski definition) is 11. The van der Waals surface area contributed by atoms with Gasteiger partial charge in [-0.25, -0.2) is 4.79 Å². The van der Waals surface area contributed by atoms with Crippen molar-refractivity contribution >= 4 is 47.6 Å². The Morgan fingerprint density at radius 3 is 1.46 bits per heavy atom. The highest BCUT2D eigenvalue weighted by Gasteiger charge is 2.32. The summed E-state index contributed by atoms with van der Waals surface area (Å²) in [6.07, 6.45) is -0.167. The molecule has 16 heteroatoms. The zero-order valence-electron chi connectivity index (χ0n) is 53.2. The molecule has 95 heavy (non-hydrogen) atoms. The fraction of sp³-hybridized carbons (Fsp3) is 0.165. The van der Waals surface area contributed by atoms with Gasteiger partial charge in [-0.2, -0.15) is 0 Å². The Bertz CT molecular complexity index is 4790. The first-order chi connectivity index (χ1) is 45.9. The number of rotatable bonds is 25. The van der Waals surface area contributed by atoms with E-state index in [9.17, 15) is 34.2 Å². The van der Waals surface area contributed by atoms with Gasteiger partial charge in [-0.1, -0.05) is 168 Å². The van der Waals surface area contributed by atoms with Crippen LogP contribution in [0.4, 0.5) is 17.1 Å². The van der Waals surface area contributed by atoms with Crippen LogP contribution >= 0.6 is 7.60 Å². The lowest BCUT2D eigenvalue weighted by atomic mass is 9.95. The fourth-order valence-corrected chi connectivity index (χ4v) is 12.8. The van der Waals surface area contributed by atoms with E-state index in [-0.39, 0.29) is 12.2 Å². The van der Waals surface area contributed by atoms with Gasteiger partial charge in [0.25, 0.3) is 5.56 Å². The fourth-order valence-electron chi connectivity index (χ4n) is 12.1. The van der Waals surface area contributed by atoms with Crippen molar-refractivity contribution in [3.05, 3.63) is 318 Å². The van der Waals surface area contributed by atoms with Gasteiger partial charge in [0.2, 0.25) is 0 Å². The standard InChI is InChI=1S/C79H73N4O11P/c1-51-15-13-17-55(33-51)47-91-72-23-9-5-19-59(72)43-82(66-28-31-70-64(39-66)41-69(79(86)87)77(84)80-70)44-61-21-7-11-25-74(61)93-49-57-27-30-68(54(4)37-57)63-36-53(3)35-58(38-63)50-94-75-26-12-8-22-62(75)46-83(67-29-32-71-65(40-67)42-76(78(85)81-71)95(88,89)90)45-60-20-6-10-24-73(60)92-48-56-18-14-16-52(2)34-56/h5-42,78,81,85H,43-50H2,1-4H3,(H,80,84)(H,86,87)(H2,88,89,90). The number of carboxylic acid groups (broad SMARTS) is 1. The smallest absolute Gasteiger partial charge is 0.356 e. The Labute approximate surface area is 551 Å². The largest absolute Gasteiger partial charge is 0.489 e. The van der Waals surface area contributed by atoms with Crippen molar-refractivity contribution in [1.82, 2.24) is 4.98 Å². The van der Waals surface area contributed by atoms with Gasteiger partial charge < -0.3 is 59.0 Å². The maximum atomic E-state index is 12.7. The molecule has 1 aliphatic rings. The van der Waals surface area contributed by atoms with E-state index in [0.29, 0.717) is 79.7 Å². The summed E-state index contributed by atoms with van der Waals surface area (Å²) in [7, 11) is -4.78. The molecule has 11 aromatic rings. The number of hydrogen-bond donors (Lipinski definition) is 6. The number of carboxylic acids is 1. The highest BCUT2D eigenvalue weighted by molar-refractivity contribution is 7.56. The van der Waals surface area contributed by atoms with Crippen LogP contribution in [0.5, 0.6) is 23.0 Å². The van der Waals surface area contributed by atoms with Crippen molar-refractivity contribution in [3.8, 4) is 34.1 Å². The summed E-state index contributed by atoms with van der Waals surface area (Å²) in [6.45, 7) is 11.3. The third-order valence-corrected chi connectivity index (χ3v) is 17.9. The van der Waals surface area contributed by atoms with Gasteiger partial charge in [0.1, 0.15) is 55.0 Å². The monoisotopic (exact) mass is 1280 g/mol. The first-order valence-corrected chi connectivity index (χ1v) is 33.0. The van der Waals surface area contributed by atoms with E-state index in [1.165, 1.54) is 12.1 Å². The van der Waals surface area contributed by atoms with Gasteiger partial charge in [-0.15, -0.1) is 0 Å². The van der Waals surface area contributed by atoms with Crippen LogP contribution in [0.25, 0.3) is 28.1 Å². The zero-order chi connectivity index (χ0) is 66.2. The highest BCUT2D eigenvalue weighted by Crippen LogP contribution is 2.50. The van der Waals surface area contributed by atoms with Crippen LogP contribution in [-0.2, 0) is 57.2 Å². The average molecular weight is 1290 g/mol. The normalized spacial score (nSPS) is 12.7. The van der Waals surface area contributed by atoms with Crippen molar-refractivity contribution in [2.24, 2.45) is 0 Å². The van der Waals surface area contributed by atoms with Crippen molar-refractivity contribution in [2.75, 3.05) is 15.1 Å². The van der Waals surface area contributed by atoms with E-state index in [4.69, 9.17) is 18.9 Å². The maximum absolute atomic E-state index is 12.7. The van der Waals surface area contributed by atoms with E-state index in [0.717, 1.165) is 101 Å². The number of nitrogens with one attached hydrogen (secondary N) is 2. The number of aryl methyl sites for hydroxylation is 4. The molecule has 0 bridgehead atoms.